The van der Waals surface area contributed by atoms with E-state index in [1.165, 1.54) is 0 Å². The highest BCUT2D eigenvalue weighted by Crippen LogP contribution is 2.31. The third kappa shape index (κ3) is 2.38. The Morgan fingerprint density at radius 2 is 2.27 bits per heavy atom. The molecule has 0 radical (unpaired) electrons. The summed E-state index contributed by atoms with van der Waals surface area (Å²) in [5.74, 6) is 0. The Bertz CT molecular complexity index is 315. The van der Waals surface area contributed by atoms with E-state index in [1.807, 2.05) is 12.5 Å². The molecule has 0 atom stereocenters. The molecule has 84 valence electrons. The van der Waals surface area contributed by atoms with E-state index in [1.54, 1.807) is 0 Å². The van der Waals surface area contributed by atoms with Crippen LogP contribution in [0, 0.1) is 5.41 Å². The average Bonchev–Trinajstić information content (AvgIpc) is 2.65. The maximum atomic E-state index is 5.66. The number of nitrogens with two attached hydrogens (primary N) is 1. The standard InChI is InChI=1S/C11H19N3O/c1-11(2-4-15-5-3-11)8-14-9-13-7-10(14)6-12/h7,9H,2-6,8,12H2,1H3. The minimum atomic E-state index is 0.336. The van der Waals surface area contributed by atoms with Crippen LogP contribution in [0.5, 0.6) is 0 Å². The average molecular weight is 209 g/mol. The summed E-state index contributed by atoms with van der Waals surface area (Å²) < 4.78 is 7.56. The van der Waals surface area contributed by atoms with Gasteiger partial charge in [-0.3, -0.25) is 0 Å². The van der Waals surface area contributed by atoms with Crippen LogP contribution in [0.25, 0.3) is 0 Å². The molecular weight excluding hydrogens is 190 g/mol. The Morgan fingerprint density at radius 1 is 1.53 bits per heavy atom. The minimum absolute atomic E-state index is 0.336. The molecule has 2 heterocycles. The molecule has 1 fully saturated rings. The van der Waals surface area contributed by atoms with Crippen LogP contribution in [0.1, 0.15) is 25.5 Å². The predicted molar refractivity (Wildman–Crippen MR) is 58.3 cm³/mol. The lowest BCUT2D eigenvalue weighted by Gasteiger charge is -2.34. The molecule has 0 spiro atoms. The number of rotatable bonds is 3. The van der Waals surface area contributed by atoms with Crippen molar-refractivity contribution in [3.8, 4) is 0 Å². The van der Waals surface area contributed by atoms with Crippen molar-refractivity contribution in [2.24, 2.45) is 11.1 Å². The van der Waals surface area contributed by atoms with Crippen LogP contribution in [0.4, 0.5) is 0 Å². The molecule has 1 aliphatic rings. The Morgan fingerprint density at radius 3 is 2.93 bits per heavy atom. The van der Waals surface area contributed by atoms with Crippen LogP contribution < -0.4 is 5.73 Å². The molecule has 2 N–H and O–H groups in total. The lowest BCUT2D eigenvalue weighted by atomic mass is 9.82. The van der Waals surface area contributed by atoms with Crippen molar-refractivity contribution < 1.29 is 4.74 Å². The van der Waals surface area contributed by atoms with E-state index in [9.17, 15) is 0 Å². The molecule has 4 heteroatoms. The van der Waals surface area contributed by atoms with Gasteiger partial charge in [0.25, 0.3) is 0 Å². The first-order valence-electron chi connectivity index (χ1n) is 5.50. The smallest absolute Gasteiger partial charge is 0.0948 e. The molecule has 0 aliphatic carbocycles. The lowest BCUT2D eigenvalue weighted by molar-refractivity contribution is 0.0152. The third-order valence-corrected chi connectivity index (χ3v) is 3.26. The molecule has 1 aliphatic heterocycles. The first kappa shape index (κ1) is 10.6. The van der Waals surface area contributed by atoms with Crippen molar-refractivity contribution in [1.82, 2.24) is 9.55 Å². The van der Waals surface area contributed by atoms with Crippen LogP contribution in [0.3, 0.4) is 0 Å². The summed E-state index contributed by atoms with van der Waals surface area (Å²) in [4.78, 5) is 4.14. The van der Waals surface area contributed by atoms with Gasteiger partial charge in [-0.05, 0) is 18.3 Å². The zero-order valence-corrected chi connectivity index (χ0v) is 9.28. The van der Waals surface area contributed by atoms with Crippen molar-refractivity contribution in [2.75, 3.05) is 13.2 Å². The summed E-state index contributed by atoms with van der Waals surface area (Å²) in [6, 6.07) is 0. The van der Waals surface area contributed by atoms with E-state index in [2.05, 4.69) is 16.5 Å². The van der Waals surface area contributed by atoms with Crippen molar-refractivity contribution >= 4 is 0 Å². The molecule has 1 aromatic heterocycles. The van der Waals surface area contributed by atoms with E-state index in [-0.39, 0.29) is 0 Å². The van der Waals surface area contributed by atoms with Gasteiger partial charge in [0.2, 0.25) is 0 Å². The number of aromatic nitrogens is 2. The molecule has 0 saturated carbocycles. The van der Waals surface area contributed by atoms with Gasteiger partial charge in [-0.15, -0.1) is 0 Å². The van der Waals surface area contributed by atoms with E-state index in [4.69, 9.17) is 10.5 Å². The molecule has 0 aromatic carbocycles. The second kappa shape index (κ2) is 4.33. The monoisotopic (exact) mass is 209 g/mol. The van der Waals surface area contributed by atoms with Gasteiger partial charge in [-0.25, -0.2) is 4.98 Å². The van der Waals surface area contributed by atoms with Crippen molar-refractivity contribution in [1.29, 1.82) is 0 Å². The summed E-state index contributed by atoms with van der Waals surface area (Å²) in [7, 11) is 0. The molecule has 4 nitrogen and oxygen atoms in total. The Kier molecular flexibility index (Phi) is 3.07. The third-order valence-electron chi connectivity index (χ3n) is 3.26. The molecule has 2 rings (SSSR count). The van der Waals surface area contributed by atoms with E-state index in [0.717, 1.165) is 38.3 Å². The Balaban J connectivity index is 2.06. The van der Waals surface area contributed by atoms with Gasteiger partial charge in [0.1, 0.15) is 0 Å². The fourth-order valence-electron chi connectivity index (χ4n) is 2.09. The molecule has 0 unspecified atom stereocenters. The van der Waals surface area contributed by atoms with Crippen LogP contribution in [0.15, 0.2) is 12.5 Å². The molecule has 1 saturated heterocycles. The van der Waals surface area contributed by atoms with E-state index < -0.39 is 0 Å². The summed E-state index contributed by atoms with van der Waals surface area (Å²) in [5, 5.41) is 0. The van der Waals surface area contributed by atoms with Crippen LogP contribution >= 0.6 is 0 Å². The highest BCUT2D eigenvalue weighted by atomic mass is 16.5. The Hall–Kier alpha value is -0.870. The van der Waals surface area contributed by atoms with Crippen molar-refractivity contribution in [3.05, 3.63) is 18.2 Å². The minimum Gasteiger partial charge on any atom is -0.381 e. The summed E-state index contributed by atoms with van der Waals surface area (Å²) >= 11 is 0. The van der Waals surface area contributed by atoms with Crippen LogP contribution in [-0.4, -0.2) is 22.8 Å². The summed E-state index contributed by atoms with van der Waals surface area (Å²) in [5.41, 5.74) is 7.11. The number of ether oxygens (including phenoxy) is 1. The van der Waals surface area contributed by atoms with Gasteiger partial charge in [0.15, 0.2) is 0 Å². The molecule has 15 heavy (non-hydrogen) atoms. The second-order valence-corrected chi connectivity index (χ2v) is 4.64. The van der Waals surface area contributed by atoms with Gasteiger partial charge < -0.3 is 15.0 Å². The summed E-state index contributed by atoms with van der Waals surface area (Å²) in [6.07, 6.45) is 5.97. The highest BCUT2D eigenvalue weighted by molar-refractivity contribution is 4.98. The zero-order chi connectivity index (χ0) is 10.7. The quantitative estimate of drug-likeness (QED) is 0.812. The lowest BCUT2D eigenvalue weighted by Crippen LogP contribution is -2.31. The number of hydrogen-bond acceptors (Lipinski definition) is 3. The predicted octanol–water partition coefficient (Wildman–Crippen LogP) is 1.16. The topological polar surface area (TPSA) is 53.1 Å². The molecule has 1 aromatic rings. The van der Waals surface area contributed by atoms with Gasteiger partial charge >= 0.3 is 0 Å². The van der Waals surface area contributed by atoms with Crippen LogP contribution in [0.2, 0.25) is 0 Å². The van der Waals surface area contributed by atoms with Crippen molar-refractivity contribution in [3.63, 3.8) is 0 Å². The number of hydrogen-bond donors (Lipinski definition) is 1. The van der Waals surface area contributed by atoms with Crippen molar-refractivity contribution in [2.45, 2.75) is 32.9 Å². The fourth-order valence-corrected chi connectivity index (χ4v) is 2.09. The first-order chi connectivity index (χ1) is 7.23. The van der Waals surface area contributed by atoms with E-state index >= 15 is 0 Å². The fraction of sp³-hybridized carbons (Fsp3) is 0.727. The second-order valence-electron chi connectivity index (χ2n) is 4.64. The van der Waals surface area contributed by atoms with Gasteiger partial charge in [0, 0.05) is 32.5 Å². The van der Waals surface area contributed by atoms with E-state index in [0.29, 0.717) is 12.0 Å². The number of imidazole rings is 1. The molecule has 0 bridgehead atoms. The summed E-state index contributed by atoms with van der Waals surface area (Å²) in [6.45, 7) is 5.64. The van der Waals surface area contributed by atoms with Gasteiger partial charge in [-0.1, -0.05) is 6.92 Å². The Labute approximate surface area is 90.4 Å². The highest BCUT2D eigenvalue weighted by Gasteiger charge is 2.28. The first-order valence-corrected chi connectivity index (χ1v) is 5.50. The number of nitrogens with zero attached hydrogens (tertiary/aromatic N) is 2. The van der Waals surface area contributed by atoms with Crippen LogP contribution in [-0.2, 0) is 17.8 Å². The maximum absolute atomic E-state index is 5.66. The zero-order valence-electron chi connectivity index (χ0n) is 9.28. The molecular formula is C11H19N3O. The largest absolute Gasteiger partial charge is 0.381 e. The SMILES string of the molecule is CC1(Cn2cncc2CN)CCOCC1. The van der Waals surface area contributed by atoms with Gasteiger partial charge in [-0.2, -0.15) is 0 Å². The molecule has 0 amide bonds. The van der Waals surface area contributed by atoms with Gasteiger partial charge in [0.05, 0.1) is 12.0 Å². The normalized spacial score (nSPS) is 20.4. The maximum Gasteiger partial charge on any atom is 0.0948 e.